The summed E-state index contributed by atoms with van der Waals surface area (Å²) in [7, 11) is 0. The van der Waals surface area contributed by atoms with E-state index in [0.29, 0.717) is 49.4 Å². The van der Waals surface area contributed by atoms with Crippen LogP contribution in [0.3, 0.4) is 0 Å². The summed E-state index contributed by atoms with van der Waals surface area (Å²) >= 11 is 0. The number of hydrogen-bond donors (Lipinski definition) is 0. The highest BCUT2D eigenvalue weighted by molar-refractivity contribution is 6.35. The van der Waals surface area contributed by atoms with Gasteiger partial charge in [-0.3, -0.25) is 19.4 Å². The highest BCUT2D eigenvalue weighted by Gasteiger charge is 2.42. The topological polar surface area (TPSA) is 62.3 Å². The molecule has 2 atom stereocenters. The maximum atomic E-state index is 13.6. The number of imide groups is 1. The summed E-state index contributed by atoms with van der Waals surface area (Å²) in [4.78, 5) is 33.1. The van der Waals surface area contributed by atoms with Crippen LogP contribution in [0.4, 0.5) is 0 Å². The van der Waals surface area contributed by atoms with E-state index < -0.39 is 0 Å². The molecule has 7 nitrogen and oxygen atoms in total. The zero-order valence-electron chi connectivity index (χ0n) is 20.4. The van der Waals surface area contributed by atoms with Crippen LogP contribution in [0.15, 0.2) is 30.0 Å². The largest absolute Gasteiger partial charge is 0.491 e. The Bertz CT molecular complexity index is 879. The normalized spacial score (nSPS) is 24.9. The number of ether oxygens (including phenoxy) is 2. The standard InChI is InChI=1S/C26H37N3O4/c1-18(2)33-22-7-5-21(6-8-22)23-24(28-16-19(3)15-20(4)17-28)26(31)29(25(23)30)10-9-27-11-13-32-14-12-27/h5-8,18-20H,9-17H2,1-4H3. The van der Waals surface area contributed by atoms with E-state index >= 15 is 0 Å². The maximum Gasteiger partial charge on any atom is 0.277 e. The molecule has 0 spiro atoms. The quantitative estimate of drug-likeness (QED) is 0.589. The Morgan fingerprint density at radius 1 is 0.970 bits per heavy atom. The molecular formula is C26H37N3O4. The molecule has 0 aliphatic carbocycles. The van der Waals surface area contributed by atoms with Gasteiger partial charge in [-0.05, 0) is 49.8 Å². The van der Waals surface area contributed by atoms with Crippen LogP contribution in [0.25, 0.3) is 5.57 Å². The fourth-order valence-corrected chi connectivity index (χ4v) is 5.20. The van der Waals surface area contributed by atoms with E-state index in [1.165, 1.54) is 4.90 Å². The number of carbonyl (C=O) groups excluding carboxylic acids is 2. The number of rotatable bonds is 7. The zero-order chi connectivity index (χ0) is 23.5. The molecule has 3 aliphatic heterocycles. The van der Waals surface area contributed by atoms with E-state index in [4.69, 9.17) is 9.47 Å². The molecule has 2 saturated heterocycles. The molecule has 0 N–H and O–H groups in total. The van der Waals surface area contributed by atoms with Crippen LogP contribution in [-0.2, 0) is 14.3 Å². The molecule has 4 rings (SSSR count). The Hall–Kier alpha value is -2.38. The summed E-state index contributed by atoms with van der Waals surface area (Å²) in [5.74, 6) is 1.38. The third-order valence-electron chi connectivity index (χ3n) is 6.59. The first-order valence-electron chi connectivity index (χ1n) is 12.3. The van der Waals surface area contributed by atoms with Crippen molar-refractivity contribution in [1.82, 2.24) is 14.7 Å². The second-order valence-corrected chi connectivity index (χ2v) is 9.98. The highest BCUT2D eigenvalue weighted by Crippen LogP contribution is 2.35. The number of nitrogens with zero attached hydrogens (tertiary/aromatic N) is 3. The molecule has 3 heterocycles. The second kappa shape index (κ2) is 10.3. The van der Waals surface area contributed by atoms with Crippen molar-refractivity contribution < 1.29 is 19.1 Å². The summed E-state index contributed by atoms with van der Waals surface area (Å²) in [5.41, 5.74) is 1.87. The number of hydrogen-bond acceptors (Lipinski definition) is 6. The van der Waals surface area contributed by atoms with E-state index in [2.05, 4.69) is 23.6 Å². The predicted octanol–water partition coefficient (Wildman–Crippen LogP) is 2.86. The minimum absolute atomic E-state index is 0.0762. The van der Waals surface area contributed by atoms with Crippen molar-refractivity contribution in [2.75, 3.05) is 52.5 Å². The van der Waals surface area contributed by atoms with Gasteiger partial charge >= 0.3 is 0 Å². The van der Waals surface area contributed by atoms with Crippen LogP contribution < -0.4 is 4.74 Å². The van der Waals surface area contributed by atoms with Gasteiger partial charge in [0.15, 0.2) is 0 Å². The van der Waals surface area contributed by atoms with Gasteiger partial charge in [0.25, 0.3) is 11.8 Å². The van der Waals surface area contributed by atoms with E-state index in [1.807, 2.05) is 38.1 Å². The minimum Gasteiger partial charge on any atom is -0.491 e. The summed E-state index contributed by atoms with van der Waals surface area (Å²) in [5, 5.41) is 0. The number of carbonyl (C=O) groups is 2. The first kappa shape index (κ1) is 23.8. The molecule has 2 fully saturated rings. The van der Waals surface area contributed by atoms with Crippen LogP contribution >= 0.6 is 0 Å². The van der Waals surface area contributed by atoms with Crippen LogP contribution in [-0.4, -0.2) is 85.1 Å². The highest BCUT2D eigenvalue weighted by atomic mass is 16.5. The third kappa shape index (κ3) is 5.41. The van der Waals surface area contributed by atoms with Gasteiger partial charge < -0.3 is 14.4 Å². The Morgan fingerprint density at radius 2 is 1.61 bits per heavy atom. The van der Waals surface area contributed by atoms with Gasteiger partial charge in [0.1, 0.15) is 11.4 Å². The van der Waals surface area contributed by atoms with Crippen LogP contribution in [0, 0.1) is 11.8 Å². The first-order valence-corrected chi connectivity index (χ1v) is 12.3. The summed E-state index contributed by atoms with van der Waals surface area (Å²) in [6.07, 6.45) is 1.22. The van der Waals surface area contributed by atoms with Gasteiger partial charge in [-0.1, -0.05) is 26.0 Å². The van der Waals surface area contributed by atoms with Crippen molar-refractivity contribution in [2.45, 2.75) is 40.2 Å². The third-order valence-corrected chi connectivity index (χ3v) is 6.59. The average molecular weight is 456 g/mol. The number of likely N-dealkylation sites (tertiary alicyclic amines) is 1. The van der Waals surface area contributed by atoms with Crippen LogP contribution in [0.5, 0.6) is 5.75 Å². The monoisotopic (exact) mass is 455 g/mol. The molecule has 0 bridgehead atoms. The van der Waals surface area contributed by atoms with Gasteiger partial charge in [0.05, 0.1) is 24.9 Å². The molecule has 180 valence electrons. The molecule has 0 radical (unpaired) electrons. The maximum absolute atomic E-state index is 13.6. The van der Waals surface area contributed by atoms with Gasteiger partial charge in [0.2, 0.25) is 0 Å². The molecular weight excluding hydrogens is 418 g/mol. The van der Waals surface area contributed by atoms with Crippen molar-refractivity contribution in [2.24, 2.45) is 11.8 Å². The zero-order valence-corrected chi connectivity index (χ0v) is 20.4. The van der Waals surface area contributed by atoms with Crippen LogP contribution in [0.1, 0.15) is 39.7 Å². The van der Waals surface area contributed by atoms with Crippen molar-refractivity contribution in [3.8, 4) is 5.75 Å². The average Bonchev–Trinajstić information content (AvgIpc) is 3.02. The van der Waals surface area contributed by atoms with E-state index in [-0.39, 0.29) is 17.9 Å². The number of amides is 2. The predicted molar refractivity (Wildman–Crippen MR) is 128 cm³/mol. The summed E-state index contributed by atoms with van der Waals surface area (Å²) < 4.78 is 11.2. The van der Waals surface area contributed by atoms with Crippen molar-refractivity contribution in [3.05, 3.63) is 35.5 Å². The minimum atomic E-state index is -0.188. The number of piperidine rings is 1. The van der Waals surface area contributed by atoms with Crippen molar-refractivity contribution in [3.63, 3.8) is 0 Å². The Morgan fingerprint density at radius 3 is 2.21 bits per heavy atom. The molecule has 0 saturated carbocycles. The van der Waals surface area contributed by atoms with Gasteiger partial charge in [0, 0.05) is 39.3 Å². The molecule has 3 aliphatic rings. The molecule has 1 aromatic carbocycles. The van der Waals surface area contributed by atoms with E-state index in [9.17, 15) is 9.59 Å². The van der Waals surface area contributed by atoms with Crippen molar-refractivity contribution >= 4 is 17.4 Å². The lowest BCUT2D eigenvalue weighted by Gasteiger charge is -2.37. The van der Waals surface area contributed by atoms with Gasteiger partial charge in [-0.25, -0.2) is 0 Å². The summed E-state index contributed by atoms with van der Waals surface area (Å²) in [6, 6.07) is 7.58. The van der Waals surface area contributed by atoms with E-state index in [0.717, 1.165) is 43.9 Å². The Kier molecular flexibility index (Phi) is 7.39. The fourth-order valence-electron chi connectivity index (χ4n) is 5.20. The molecule has 7 heteroatoms. The fraction of sp³-hybridized carbons (Fsp3) is 0.615. The summed E-state index contributed by atoms with van der Waals surface area (Å²) in [6.45, 7) is 14.2. The molecule has 33 heavy (non-hydrogen) atoms. The molecule has 1 aromatic rings. The van der Waals surface area contributed by atoms with Crippen LogP contribution in [0.2, 0.25) is 0 Å². The first-order chi connectivity index (χ1) is 15.8. The number of morpholine rings is 1. The van der Waals surface area contributed by atoms with Gasteiger partial charge in [-0.2, -0.15) is 0 Å². The van der Waals surface area contributed by atoms with Gasteiger partial charge in [-0.15, -0.1) is 0 Å². The van der Waals surface area contributed by atoms with E-state index in [1.54, 1.807) is 0 Å². The lowest BCUT2D eigenvalue weighted by atomic mass is 9.91. The second-order valence-electron chi connectivity index (χ2n) is 9.98. The van der Waals surface area contributed by atoms with Crippen molar-refractivity contribution in [1.29, 1.82) is 0 Å². The molecule has 0 aromatic heterocycles. The lowest BCUT2D eigenvalue weighted by Crippen LogP contribution is -2.45. The molecule has 2 unspecified atom stereocenters. The lowest BCUT2D eigenvalue weighted by molar-refractivity contribution is -0.138. The SMILES string of the molecule is CC1CC(C)CN(C2=C(c3ccc(OC(C)C)cc3)C(=O)N(CCN3CCOCC3)C2=O)C1. The molecule has 2 amide bonds. The Labute approximate surface area is 197 Å². The smallest absolute Gasteiger partial charge is 0.277 e. The Balaban J connectivity index is 1.62. The number of benzene rings is 1.